The van der Waals surface area contributed by atoms with Crippen LogP contribution in [0.2, 0.25) is 0 Å². The number of anilines is 1. The van der Waals surface area contributed by atoms with Crippen molar-refractivity contribution in [2.24, 2.45) is 5.92 Å². The van der Waals surface area contributed by atoms with E-state index in [1.807, 2.05) is 43.5 Å². The van der Waals surface area contributed by atoms with Crippen LogP contribution in [0, 0.1) is 5.92 Å². The van der Waals surface area contributed by atoms with E-state index in [4.69, 9.17) is 24.9 Å². The lowest BCUT2D eigenvalue weighted by Gasteiger charge is -2.30. The third-order valence-electron chi connectivity index (χ3n) is 6.14. The normalized spacial score (nSPS) is 16.9. The zero-order chi connectivity index (χ0) is 22.1. The van der Waals surface area contributed by atoms with E-state index >= 15 is 0 Å². The van der Waals surface area contributed by atoms with Gasteiger partial charge >= 0.3 is 5.97 Å². The zero-order valence-corrected chi connectivity index (χ0v) is 18.3. The molecule has 1 fully saturated rings. The van der Waals surface area contributed by atoms with Crippen molar-refractivity contribution in [1.29, 1.82) is 0 Å². The van der Waals surface area contributed by atoms with Crippen LogP contribution in [0.25, 0.3) is 16.9 Å². The van der Waals surface area contributed by atoms with E-state index in [1.165, 1.54) is 0 Å². The van der Waals surface area contributed by atoms with Crippen LogP contribution in [0.4, 0.5) is 5.69 Å². The summed E-state index contributed by atoms with van der Waals surface area (Å²) < 4.78 is 18.7. The lowest BCUT2D eigenvalue weighted by Crippen LogP contribution is -2.36. The Bertz CT molecular complexity index is 1130. The van der Waals surface area contributed by atoms with Crippen molar-refractivity contribution in [3.05, 3.63) is 42.2 Å². The molecule has 0 saturated carbocycles. The van der Waals surface area contributed by atoms with Crippen molar-refractivity contribution < 1.29 is 19.0 Å². The Morgan fingerprint density at radius 1 is 1.16 bits per heavy atom. The highest BCUT2D eigenvalue weighted by atomic mass is 16.6. The standard InChI is InChI=1S/C24H28N4O4/c1-2-30-24(29)16-7-9-27(10-8-16)15-19-23(26-22-6-4-18(25)14-28(19)22)17-3-5-20-21(13-17)32-12-11-31-20/h3-6,13-14,16H,2,7-12,15,25H2,1H3. The number of hydrogen-bond donors (Lipinski definition) is 1. The van der Waals surface area contributed by atoms with Gasteiger partial charge in [-0.2, -0.15) is 0 Å². The highest BCUT2D eigenvalue weighted by molar-refractivity contribution is 5.72. The maximum absolute atomic E-state index is 12.1. The number of nitrogens with two attached hydrogens (primary N) is 1. The summed E-state index contributed by atoms with van der Waals surface area (Å²) in [5.74, 6) is 1.41. The second-order valence-corrected chi connectivity index (χ2v) is 8.26. The summed E-state index contributed by atoms with van der Waals surface area (Å²) in [5, 5.41) is 0. The summed E-state index contributed by atoms with van der Waals surface area (Å²) in [7, 11) is 0. The van der Waals surface area contributed by atoms with Crippen LogP contribution in [0.3, 0.4) is 0 Å². The number of carbonyl (C=O) groups is 1. The first-order valence-electron chi connectivity index (χ1n) is 11.2. The van der Waals surface area contributed by atoms with Crippen molar-refractivity contribution in [3.63, 3.8) is 0 Å². The van der Waals surface area contributed by atoms with Gasteiger partial charge in [-0.15, -0.1) is 0 Å². The molecule has 0 amide bonds. The van der Waals surface area contributed by atoms with Gasteiger partial charge in [-0.3, -0.25) is 9.69 Å². The van der Waals surface area contributed by atoms with E-state index in [0.29, 0.717) is 32.1 Å². The Morgan fingerprint density at radius 2 is 1.94 bits per heavy atom. The van der Waals surface area contributed by atoms with Gasteiger partial charge < -0.3 is 24.3 Å². The van der Waals surface area contributed by atoms with Gasteiger partial charge in [0.2, 0.25) is 0 Å². The molecule has 1 saturated heterocycles. The molecule has 4 heterocycles. The Kier molecular flexibility index (Phi) is 5.61. The van der Waals surface area contributed by atoms with Crippen LogP contribution in [-0.2, 0) is 16.1 Å². The minimum absolute atomic E-state index is 0.0127. The molecule has 2 aliphatic rings. The number of carbonyl (C=O) groups excluding carboxylic acids is 1. The second kappa shape index (κ2) is 8.70. The second-order valence-electron chi connectivity index (χ2n) is 8.26. The molecule has 32 heavy (non-hydrogen) atoms. The maximum Gasteiger partial charge on any atom is 0.309 e. The van der Waals surface area contributed by atoms with Gasteiger partial charge in [0.15, 0.2) is 11.5 Å². The monoisotopic (exact) mass is 436 g/mol. The van der Waals surface area contributed by atoms with E-state index in [1.54, 1.807) is 0 Å². The van der Waals surface area contributed by atoms with Crippen molar-refractivity contribution in [2.45, 2.75) is 26.3 Å². The molecule has 168 valence electrons. The molecule has 0 radical (unpaired) electrons. The molecule has 3 aromatic rings. The van der Waals surface area contributed by atoms with Gasteiger partial charge in [-0.05, 0) is 63.2 Å². The summed E-state index contributed by atoms with van der Waals surface area (Å²) in [6.07, 6.45) is 3.53. The van der Waals surface area contributed by atoms with Gasteiger partial charge in [-0.1, -0.05) is 0 Å². The molecule has 2 aromatic heterocycles. The number of nitrogen functional groups attached to an aromatic ring is 1. The summed E-state index contributed by atoms with van der Waals surface area (Å²) in [6, 6.07) is 9.76. The SMILES string of the molecule is CCOC(=O)C1CCN(Cc2c(-c3ccc4c(c3)OCCO4)nc3ccc(N)cn23)CC1. The number of pyridine rings is 1. The van der Waals surface area contributed by atoms with E-state index in [9.17, 15) is 4.79 Å². The van der Waals surface area contributed by atoms with E-state index < -0.39 is 0 Å². The predicted octanol–water partition coefficient (Wildman–Crippen LogP) is 3.13. The molecule has 0 unspecified atom stereocenters. The Morgan fingerprint density at radius 3 is 2.72 bits per heavy atom. The number of fused-ring (bicyclic) bond motifs is 2. The smallest absolute Gasteiger partial charge is 0.309 e. The van der Waals surface area contributed by atoms with Gasteiger partial charge in [0.25, 0.3) is 0 Å². The average molecular weight is 437 g/mol. The van der Waals surface area contributed by atoms with Crippen LogP contribution in [0.5, 0.6) is 11.5 Å². The fraction of sp³-hybridized carbons (Fsp3) is 0.417. The number of hydrogen-bond acceptors (Lipinski definition) is 7. The number of piperidine rings is 1. The first-order valence-corrected chi connectivity index (χ1v) is 11.2. The first kappa shape index (κ1) is 20.6. The number of nitrogens with zero attached hydrogens (tertiary/aromatic N) is 3. The van der Waals surface area contributed by atoms with Crippen molar-refractivity contribution in [3.8, 4) is 22.8 Å². The summed E-state index contributed by atoms with van der Waals surface area (Å²) in [4.78, 5) is 19.4. The topological polar surface area (TPSA) is 91.3 Å². The van der Waals surface area contributed by atoms with Crippen LogP contribution in [-0.4, -0.2) is 53.2 Å². The minimum atomic E-state index is -0.0771. The van der Waals surface area contributed by atoms with E-state index in [0.717, 1.165) is 60.0 Å². The van der Waals surface area contributed by atoms with Gasteiger partial charge in [-0.25, -0.2) is 4.98 Å². The average Bonchev–Trinajstić information content (AvgIpc) is 3.17. The molecule has 8 nitrogen and oxygen atoms in total. The highest BCUT2D eigenvalue weighted by Crippen LogP contribution is 2.36. The molecule has 1 aromatic carbocycles. The highest BCUT2D eigenvalue weighted by Gasteiger charge is 2.27. The number of rotatable bonds is 5. The summed E-state index contributed by atoms with van der Waals surface area (Å²) in [5.41, 5.74) is 10.6. The number of aromatic nitrogens is 2. The first-order chi connectivity index (χ1) is 15.6. The predicted molar refractivity (Wildman–Crippen MR) is 121 cm³/mol. The van der Waals surface area contributed by atoms with Crippen LogP contribution in [0.15, 0.2) is 36.5 Å². The lowest BCUT2D eigenvalue weighted by atomic mass is 9.96. The Balaban J connectivity index is 1.45. The molecule has 0 bridgehead atoms. The maximum atomic E-state index is 12.1. The summed E-state index contributed by atoms with van der Waals surface area (Å²) in [6.45, 7) is 5.76. The van der Waals surface area contributed by atoms with Gasteiger partial charge in [0, 0.05) is 24.0 Å². The number of imidazole rings is 1. The largest absolute Gasteiger partial charge is 0.486 e. The Hall–Kier alpha value is -3.26. The van der Waals surface area contributed by atoms with Crippen molar-refractivity contribution >= 4 is 17.3 Å². The third-order valence-corrected chi connectivity index (χ3v) is 6.14. The quantitative estimate of drug-likeness (QED) is 0.615. The molecule has 2 aliphatic heterocycles. The molecular weight excluding hydrogens is 408 g/mol. The van der Waals surface area contributed by atoms with Gasteiger partial charge in [0.05, 0.1) is 23.9 Å². The van der Waals surface area contributed by atoms with Crippen molar-refractivity contribution in [2.75, 3.05) is 38.6 Å². The molecule has 5 rings (SSSR count). The number of esters is 1. The molecular formula is C24H28N4O4. The molecule has 2 N–H and O–H groups in total. The van der Waals surface area contributed by atoms with Crippen LogP contribution >= 0.6 is 0 Å². The number of benzene rings is 1. The fourth-order valence-corrected chi connectivity index (χ4v) is 4.48. The third kappa shape index (κ3) is 3.98. The summed E-state index contributed by atoms with van der Waals surface area (Å²) >= 11 is 0. The Labute approximate surface area is 186 Å². The zero-order valence-electron chi connectivity index (χ0n) is 18.3. The molecule has 0 aliphatic carbocycles. The molecule has 0 atom stereocenters. The van der Waals surface area contributed by atoms with Gasteiger partial charge in [0.1, 0.15) is 18.9 Å². The minimum Gasteiger partial charge on any atom is -0.486 e. The van der Waals surface area contributed by atoms with Crippen molar-refractivity contribution in [1.82, 2.24) is 14.3 Å². The number of ether oxygens (including phenoxy) is 3. The number of likely N-dealkylation sites (tertiary alicyclic amines) is 1. The lowest BCUT2D eigenvalue weighted by molar-refractivity contribution is -0.149. The molecule has 0 spiro atoms. The van der Waals surface area contributed by atoms with E-state index in [-0.39, 0.29) is 11.9 Å². The molecule has 8 heteroatoms. The van der Waals surface area contributed by atoms with E-state index in [2.05, 4.69) is 9.30 Å². The van der Waals surface area contributed by atoms with Crippen LogP contribution < -0.4 is 15.2 Å². The van der Waals surface area contributed by atoms with Crippen LogP contribution in [0.1, 0.15) is 25.5 Å². The fourth-order valence-electron chi connectivity index (χ4n) is 4.48.